The van der Waals surface area contributed by atoms with E-state index in [1.54, 1.807) is 14.1 Å². The lowest BCUT2D eigenvalue weighted by Gasteiger charge is -2.12. The van der Waals surface area contributed by atoms with Gasteiger partial charge in [0, 0.05) is 27.2 Å². The number of urea groups is 1. The van der Waals surface area contributed by atoms with E-state index in [1.165, 1.54) is 4.90 Å². The van der Waals surface area contributed by atoms with Gasteiger partial charge in [-0.3, -0.25) is 4.79 Å². The molecule has 8 heteroatoms. The molecule has 2 N–H and O–H groups in total. The van der Waals surface area contributed by atoms with Crippen LogP contribution < -0.4 is 10.6 Å². The summed E-state index contributed by atoms with van der Waals surface area (Å²) in [5.41, 5.74) is -0.595. The molecule has 0 spiro atoms. The number of halogens is 3. The summed E-state index contributed by atoms with van der Waals surface area (Å²) < 4.78 is 38.9. The van der Waals surface area contributed by atoms with Crippen LogP contribution in [0.5, 0.6) is 0 Å². The first-order chi connectivity index (χ1) is 9.34. The molecule has 0 atom stereocenters. The molecule has 0 bridgehead atoms. The van der Waals surface area contributed by atoms with Crippen LogP contribution >= 0.6 is 0 Å². The number of rotatable bonds is 4. The van der Waals surface area contributed by atoms with Crippen molar-refractivity contribution in [3.8, 4) is 0 Å². The third-order valence-electron chi connectivity index (χ3n) is 2.37. The number of hydrogen-bond acceptors (Lipinski definition) is 2. The average Bonchev–Trinajstić information content (AvgIpc) is 2.40. The van der Waals surface area contributed by atoms with Crippen LogP contribution in [0.2, 0.25) is 0 Å². The van der Waals surface area contributed by atoms with E-state index < -0.39 is 28.9 Å². The van der Waals surface area contributed by atoms with Crippen molar-refractivity contribution in [2.24, 2.45) is 0 Å². The molecule has 0 radical (unpaired) electrons. The number of carbonyl (C=O) groups excluding carboxylic acids is 2. The van der Waals surface area contributed by atoms with Crippen LogP contribution in [0.25, 0.3) is 0 Å². The van der Waals surface area contributed by atoms with Crippen molar-refractivity contribution >= 4 is 11.9 Å². The van der Waals surface area contributed by atoms with Crippen molar-refractivity contribution in [2.75, 3.05) is 27.2 Å². The quantitative estimate of drug-likeness (QED) is 0.644. The molecule has 0 fully saturated rings. The summed E-state index contributed by atoms with van der Waals surface area (Å²) in [5.74, 6) is -5.49. The Bertz CT molecular complexity index is 521. The largest absolute Gasteiger partial charge is 0.350 e. The third kappa shape index (κ3) is 3.87. The van der Waals surface area contributed by atoms with E-state index >= 15 is 0 Å². The Morgan fingerprint density at radius 3 is 2.25 bits per heavy atom. The predicted molar refractivity (Wildman–Crippen MR) is 65.7 cm³/mol. The normalized spacial score (nSPS) is 10.1. The minimum Gasteiger partial charge on any atom is -0.350 e. The average molecular weight is 289 g/mol. The van der Waals surface area contributed by atoms with Crippen LogP contribution in [0.15, 0.2) is 12.1 Å². The van der Waals surface area contributed by atoms with Crippen molar-refractivity contribution in [3.05, 3.63) is 35.1 Å². The van der Waals surface area contributed by atoms with Gasteiger partial charge in [0.2, 0.25) is 0 Å². The Kier molecular flexibility index (Phi) is 5.36. The molecule has 110 valence electrons. The Morgan fingerprint density at radius 2 is 1.65 bits per heavy atom. The fraction of sp³-hybridized carbons (Fsp3) is 0.333. The van der Waals surface area contributed by atoms with E-state index in [0.717, 1.165) is 6.07 Å². The Morgan fingerprint density at radius 1 is 1.05 bits per heavy atom. The minimum atomic E-state index is -1.70. The van der Waals surface area contributed by atoms with E-state index in [0.29, 0.717) is 6.07 Å². The first-order valence-corrected chi connectivity index (χ1v) is 5.71. The SMILES string of the molecule is CN(C)C(=O)NCCNC(=O)c1ccc(F)c(F)c1F. The molecule has 5 nitrogen and oxygen atoms in total. The van der Waals surface area contributed by atoms with E-state index in [1.807, 2.05) is 0 Å². The molecule has 0 aromatic heterocycles. The van der Waals surface area contributed by atoms with Crippen molar-refractivity contribution in [1.82, 2.24) is 15.5 Å². The molecule has 0 aliphatic rings. The Labute approximate surface area is 113 Å². The van der Waals surface area contributed by atoms with Gasteiger partial charge >= 0.3 is 6.03 Å². The van der Waals surface area contributed by atoms with Crippen molar-refractivity contribution in [2.45, 2.75) is 0 Å². The standard InChI is InChI=1S/C12H14F3N3O2/c1-18(2)12(20)17-6-5-16-11(19)7-3-4-8(13)10(15)9(7)14/h3-4H,5-6H2,1-2H3,(H,16,19)(H,17,20). The van der Waals surface area contributed by atoms with Crippen LogP contribution in [0.3, 0.4) is 0 Å². The fourth-order valence-electron chi connectivity index (χ4n) is 1.30. The lowest BCUT2D eigenvalue weighted by atomic mass is 10.2. The van der Waals surface area contributed by atoms with Crippen molar-refractivity contribution in [3.63, 3.8) is 0 Å². The van der Waals surface area contributed by atoms with Crippen molar-refractivity contribution in [1.29, 1.82) is 0 Å². The summed E-state index contributed by atoms with van der Waals surface area (Å²) in [6.07, 6.45) is 0. The topological polar surface area (TPSA) is 61.4 Å². The number of nitrogens with zero attached hydrogens (tertiary/aromatic N) is 1. The maximum atomic E-state index is 13.3. The molecular weight excluding hydrogens is 275 g/mol. The van der Waals surface area contributed by atoms with Gasteiger partial charge in [-0.2, -0.15) is 0 Å². The zero-order valence-electron chi connectivity index (χ0n) is 11.0. The smallest absolute Gasteiger partial charge is 0.316 e. The van der Waals surface area contributed by atoms with Crippen LogP contribution in [0, 0.1) is 17.5 Å². The minimum absolute atomic E-state index is 0.0247. The van der Waals surface area contributed by atoms with Crippen LogP contribution in [-0.4, -0.2) is 44.0 Å². The number of benzene rings is 1. The Hall–Kier alpha value is -2.25. The van der Waals surface area contributed by atoms with Gasteiger partial charge < -0.3 is 15.5 Å². The molecule has 0 unspecified atom stereocenters. The maximum absolute atomic E-state index is 13.3. The summed E-state index contributed by atoms with van der Waals surface area (Å²) in [5, 5.41) is 4.75. The zero-order chi connectivity index (χ0) is 15.3. The Balaban J connectivity index is 2.52. The van der Waals surface area contributed by atoms with E-state index in [9.17, 15) is 22.8 Å². The summed E-state index contributed by atoms with van der Waals surface area (Å²) in [6.45, 7) is 0.144. The number of carbonyl (C=O) groups is 2. The zero-order valence-corrected chi connectivity index (χ0v) is 11.0. The van der Waals surface area contributed by atoms with E-state index in [-0.39, 0.29) is 19.1 Å². The summed E-state index contributed by atoms with van der Waals surface area (Å²) in [4.78, 5) is 24.0. The lowest BCUT2D eigenvalue weighted by molar-refractivity contribution is 0.0948. The highest BCUT2D eigenvalue weighted by atomic mass is 19.2. The highest BCUT2D eigenvalue weighted by molar-refractivity contribution is 5.94. The van der Waals surface area contributed by atoms with Gasteiger partial charge in [0.05, 0.1) is 5.56 Å². The third-order valence-corrected chi connectivity index (χ3v) is 2.37. The summed E-state index contributed by atoms with van der Waals surface area (Å²) in [7, 11) is 3.09. The van der Waals surface area contributed by atoms with Gasteiger partial charge in [-0.25, -0.2) is 18.0 Å². The molecule has 3 amide bonds. The summed E-state index contributed by atoms with van der Waals surface area (Å²) in [6, 6.07) is 1.17. The molecular formula is C12H14F3N3O2. The van der Waals surface area contributed by atoms with E-state index in [2.05, 4.69) is 10.6 Å². The van der Waals surface area contributed by atoms with Crippen LogP contribution in [-0.2, 0) is 0 Å². The van der Waals surface area contributed by atoms with Crippen molar-refractivity contribution < 1.29 is 22.8 Å². The van der Waals surface area contributed by atoms with Crippen LogP contribution in [0.1, 0.15) is 10.4 Å². The number of amides is 3. The molecule has 0 aliphatic carbocycles. The summed E-state index contributed by atoms with van der Waals surface area (Å²) >= 11 is 0. The first kappa shape index (κ1) is 15.8. The highest BCUT2D eigenvalue weighted by Crippen LogP contribution is 2.14. The second kappa shape index (κ2) is 6.78. The molecule has 0 heterocycles. The molecule has 20 heavy (non-hydrogen) atoms. The molecule has 1 rings (SSSR count). The first-order valence-electron chi connectivity index (χ1n) is 5.71. The van der Waals surface area contributed by atoms with Gasteiger partial charge in [0.1, 0.15) is 0 Å². The molecule has 0 saturated carbocycles. The molecule has 1 aromatic rings. The fourth-order valence-corrected chi connectivity index (χ4v) is 1.30. The molecule has 0 aliphatic heterocycles. The predicted octanol–water partition coefficient (Wildman–Crippen LogP) is 1.10. The molecule has 1 aromatic carbocycles. The van der Waals surface area contributed by atoms with Gasteiger partial charge in [-0.1, -0.05) is 0 Å². The van der Waals surface area contributed by atoms with Gasteiger partial charge in [-0.15, -0.1) is 0 Å². The molecule has 0 saturated heterocycles. The second-order valence-electron chi connectivity index (χ2n) is 4.11. The van der Waals surface area contributed by atoms with Gasteiger partial charge in [-0.05, 0) is 12.1 Å². The van der Waals surface area contributed by atoms with Crippen LogP contribution in [0.4, 0.5) is 18.0 Å². The monoisotopic (exact) mass is 289 g/mol. The number of nitrogens with one attached hydrogen (secondary N) is 2. The maximum Gasteiger partial charge on any atom is 0.316 e. The second-order valence-corrected chi connectivity index (χ2v) is 4.11. The van der Waals surface area contributed by atoms with E-state index in [4.69, 9.17) is 0 Å². The van der Waals surface area contributed by atoms with Gasteiger partial charge in [0.25, 0.3) is 5.91 Å². The lowest BCUT2D eigenvalue weighted by Crippen LogP contribution is -2.39. The highest BCUT2D eigenvalue weighted by Gasteiger charge is 2.18. The van der Waals surface area contributed by atoms with Gasteiger partial charge in [0.15, 0.2) is 17.5 Å². The number of hydrogen-bond donors (Lipinski definition) is 2.